The minimum Gasteiger partial charge on any atom is -0.497 e. The lowest BCUT2D eigenvalue weighted by Gasteiger charge is -2.36. The number of ether oxygens (including phenoxy) is 1. The Balaban J connectivity index is 1.47. The summed E-state index contributed by atoms with van der Waals surface area (Å²) in [6.07, 6.45) is 0. The maximum Gasteiger partial charge on any atom is 0.236 e. The number of anilines is 1. The maximum atomic E-state index is 13.9. The van der Waals surface area contributed by atoms with Crippen molar-refractivity contribution >= 4 is 11.6 Å². The number of para-hydroxylation sites is 1. The van der Waals surface area contributed by atoms with E-state index in [9.17, 15) is 9.18 Å². The highest BCUT2D eigenvalue weighted by atomic mass is 19.1. The van der Waals surface area contributed by atoms with E-state index in [-0.39, 0.29) is 11.7 Å². The summed E-state index contributed by atoms with van der Waals surface area (Å²) < 4.78 is 19.1. The van der Waals surface area contributed by atoms with Gasteiger partial charge in [-0.2, -0.15) is 0 Å². The molecule has 144 valence electrons. The zero-order valence-electron chi connectivity index (χ0n) is 15.9. The van der Waals surface area contributed by atoms with Gasteiger partial charge in [0.1, 0.15) is 11.6 Å². The van der Waals surface area contributed by atoms with Crippen LogP contribution in [0.4, 0.5) is 10.1 Å². The van der Waals surface area contributed by atoms with Crippen LogP contribution in [-0.2, 0) is 11.3 Å². The van der Waals surface area contributed by atoms with Crippen molar-refractivity contribution in [2.45, 2.75) is 6.54 Å². The minimum absolute atomic E-state index is 0.0881. The predicted octanol–water partition coefficient (Wildman–Crippen LogP) is 2.61. The number of likely N-dealkylation sites (N-methyl/N-ethyl adjacent to an activating group) is 1. The summed E-state index contributed by atoms with van der Waals surface area (Å²) in [4.78, 5) is 18.4. The molecule has 0 bridgehead atoms. The quantitative estimate of drug-likeness (QED) is 0.782. The van der Waals surface area contributed by atoms with E-state index in [0.717, 1.165) is 37.5 Å². The average Bonchev–Trinajstić information content (AvgIpc) is 2.69. The number of methoxy groups -OCH3 is 1. The fraction of sp³-hybridized carbons (Fsp3) is 0.381. The van der Waals surface area contributed by atoms with E-state index in [1.165, 1.54) is 6.07 Å². The third-order valence-electron chi connectivity index (χ3n) is 4.93. The van der Waals surface area contributed by atoms with Gasteiger partial charge in [0.05, 0.1) is 19.3 Å². The van der Waals surface area contributed by atoms with Gasteiger partial charge in [-0.15, -0.1) is 0 Å². The van der Waals surface area contributed by atoms with E-state index < -0.39 is 0 Å². The Hall–Kier alpha value is -2.60. The van der Waals surface area contributed by atoms with Crippen LogP contribution in [0.5, 0.6) is 5.75 Å². The first-order chi connectivity index (χ1) is 13.1. The molecule has 0 spiro atoms. The van der Waals surface area contributed by atoms with Crippen LogP contribution in [0, 0.1) is 5.82 Å². The minimum atomic E-state index is -0.193. The van der Waals surface area contributed by atoms with Crippen molar-refractivity contribution in [3.05, 3.63) is 59.9 Å². The molecule has 1 amide bonds. The monoisotopic (exact) mass is 371 g/mol. The molecule has 0 atom stereocenters. The van der Waals surface area contributed by atoms with Gasteiger partial charge in [-0.3, -0.25) is 9.69 Å². The van der Waals surface area contributed by atoms with Crippen LogP contribution < -0.4 is 9.64 Å². The highest BCUT2D eigenvalue weighted by molar-refractivity contribution is 5.78. The van der Waals surface area contributed by atoms with Crippen molar-refractivity contribution in [3.63, 3.8) is 0 Å². The summed E-state index contributed by atoms with van der Waals surface area (Å²) >= 11 is 0. The number of benzene rings is 2. The number of piperazine rings is 1. The summed E-state index contributed by atoms with van der Waals surface area (Å²) in [6, 6.07) is 14.6. The molecular formula is C21H26FN3O2. The molecule has 0 radical (unpaired) electrons. The Morgan fingerprint density at radius 1 is 1.07 bits per heavy atom. The van der Waals surface area contributed by atoms with Crippen molar-refractivity contribution in [1.29, 1.82) is 0 Å². The van der Waals surface area contributed by atoms with Gasteiger partial charge >= 0.3 is 0 Å². The third kappa shape index (κ3) is 4.98. The second-order valence-corrected chi connectivity index (χ2v) is 6.81. The highest BCUT2D eigenvalue weighted by Gasteiger charge is 2.22. The van der Waals surface area contributed by atoms with E-state index >= 15 is 0 Å². The molecular weight excluding hydrogens is 345 g/mol. The molecule has 0 aromatic heterocycles. The molecule has 5 nitrogen and oxygen atoms in total. The van der Waals surface area contributed by atoms with Crippen molar-refractivity contribution < 1.29 is 13.9 Å². The number of amides is 1. The zero-order valence-corrected chi connectivity index (χ0v) is 15.9. The molecule has 27 heavy (non-hydrogen) atoms. The van der Waals surface area contributed by atoms with E-state index in [4.69, 9.17) is 4.74 Å². The van der Waals surface area contributed by atoms with Crippen molar-refractivity contribution in [3.8, 4) is 5.75 Å². The molecule has 1 aliphatic rings. The topological polar surface area (TPSA) is 36.0 Å². The zero-order chi connectivity index (χ0) is 19.2. The normalized spacial score (nSPS) is 14.9. The molecule has 1 fully saturated rings. The summed E-state index contributed by atoms with van der Waals surface area (Å²) in [5, 5.41) is 0. The van der Waals surface area contributed by atoms with Gasteiger partial charge in [-0.1, -0.05) is 24.3 Å². The first kappa shape index (κ1) is 19.2. The second-order valence-electron chi connectivity index (χ2n) is 6.81. The van der Waals surface area contributed by atoms with Crippen LogP contribution in [0.25, 0.3) is 0 Å². The van der Waals surface area contributed by atoms with Crippen LogP contribution in [0.15, 0.2) is 48.5 Å². The summed E-state index contributed by atoms with van der Waals surface area (Å²) in [6.45, 7) is 3.88. The van der Waals surface area contributed by atoms with Gasteiger partial charge in [0.25, 0.3) is 0 Å². The van der Waals surface area contributed by atoms with Gasteiger partial charge in [0.15, 0.2) is 0 Å². The van der Waals surface area contributed by atoms with Crippen LogP contribution in [0.3, 0.4) is 0 Å². The van der Waals surface area contributed by atoms with Crippen LogP contribution in [0.2, 0.25) is 0 Å². The lowest BCUT2D eigenvalue weighted by Crippen LogP contribution is -2.49. The van der Waals surface area contributed by atoms with Crippen molar-refractivity contribution in [2.24, 2.45) is 0 Å². The average molecular weight is 371 g/mol. The number of rotatable bonds is 6. The highest BCUT2D eigenvalue weighted by Crippen LogP contribution is 2.20. The number of halogens is 1. The lowest BCUT2D eigenvalue weighted by molar-refractivity contribution is -0.131. The summed E-state index contributed by atoms with van der Waals surface area (Å²) in [7, 11) is 3.46. The molecule has 0 saturated carbocycles. The molecule has 2 aromatic rings. The van der Waals surface area contributed by atoms with Gasteiger partial charge in [-0.25, -0.2) is 4.39 Å². The Bertz CT molecular complexity index is 758. The van der Waals surface area contributed by atoms with Crippen LogP contribution in [0.1, 0.15) is 5.56 Å². The summed E-state index contributed by atoms with van der Waals surface area (Å²) in [5.41, 5.74) is 1.70. The van der Waals surface area contributed by atoms with Gasteiger partial charge in [0.2, 0.25) is 5.91 Å². The van der Waals surface area contributed by atoms with Crippen molar-refractivity contribution in [2.75, 3.05) is 51.8 Å². The Kier molecular flexibility index (Phi) is 6.29. The Labute approximate surface area is 159 Å². The smallest absolute Gasteiger partial charge is 0.236 e. The van der Waals surface area contributed by atoms with E-state index in [1.54, 1.807) is 24.1 Å². The van der Waals surface area contributed by atoms with Gasteiger partial charge in [0, 0.05) is 39.8 Å². The lowest BCUT2D eigenvalue weighted by atomic mass is 10.2. The molecule has 1 saturated heterocycles. The SMILES string of the molecule is COc1ccc(CN(C)C(=O)CN2CCN(c3ccccc3F)CC2)cc1. The maximum absolute atomic E-state index is 13.9. The molecule has 1 heterocycles. The standard InChI is InChI=1S/C21H26FN3O2/c1-23(15-17-7-9-18(27-2)10-8-17)21(26)16-24-11-13-25(14-12-24)20-6-4-3-5-19(20)22/h3-10H,11-16H2,1-2H3. The van der Waals surface area contributed by atoms with Gasteiger partial charge < -0.3 is 14.5 Å². The Morgan fingerprint density at radius 3 is 2.37 bits per heavy atom. The Morgan fingerprint density at radius 2 is 1.74 bits per heavy atom. The largest absolute Gasteiger partial charge is 0.497 e. The van der Waals surface area contributed by atoms with E-state index in [1.807, 2.05) is 42.3 Å². The molecule has 1 aliphatic heterocycles. The van der Waals surface area contributed by atoms with Gasteiger partial charge in [-0.05, 0) is 29.8 Å². The number of carbonyl (C=O) groups is 1. The fourth-order valence-electron chi connectivity index (χ4n) is 3.26. The van der Waals surface area contributed by atoms with Crippen LogP contribution in [-0.4, -0.2) is 62.6 Å². The second kappa shape index (κ2) is 8.86. The molecule has 3 rings (SSSR count). The molecule has 6 heteroatoms. The van der Waals surface area contributed by atoms with Crippen LogP contribution >= 0.6 is 0 Å². The molecule has 0 aliphatic carbocycles. The summed E-state index contributed by atoms with van der Waals surface area (Å²) in [5.74, 6) is 0.701. The molecule has 0 N–H and O–H groups in total. The first-order valence-electron chi connectivity index (χ1n) is 9.15. The van der Waals surface area contributed by atoms with E-state index in [0.29, 0.717) is 18.8 Å². The van der Waals surface area contributed by atoms with Crippen molar-refractivity contribution in [1.82, 2.24) is 9.80 Å². The number of carbonyl (C=O) groups excluding carboxylic acids is 1. The fourth-order valence-corrected chi connectivity index (χ4v) is 3.26. The van der Waals surface area contributed by atoms with E-state index in [2.05, 4.69) is 4.90 Å². The first-order valence-corrected chi connectivity index (χ1v) is 9.15. The molecule has 0 unspecified atom stereocenters. The number of hydrogen-bond donors (Lipinski definition) is 0. The predicted molar refractivity (Wildman–Crippen MR) is 105 cm³/mol. The number of nitrogens with zero attached hydrogens (tertiary/aromatic N) is 3. The number of hydrogen-bond acceptors (Lipinski definition) is 4. The molecule has 2 aromatic carbocycles. The third-order valence-corrected chi connectivity index (χ3v) is 4.93.